The standard InChI is InChI=1S/C16H11NO2S/c18-16-13(9-4-8-12-6-2-1-3-7-12)17-15(19-16)14-10-5-11-20-14/h1-11H/b8-4+,13-9+. The predicted octanol–water partition coefficient (Wildman–Crippen LogP) is 3.65. The maximum atomic E-state index is 11.7. The van der Waals surface area contributed by atoms with Gasteiger partial charge in [-0.25, -0.2) is 9.79 Å². The van der Waals surface area contributed by atoms with Crippen molar-refractivity contribution >= 4 is 29.3 Å². The first-order valence-electron chi connectivity index (χ1n) is 6.11. The molecule has 0 N–H and O–H groups in total. The molecule has 4 heteroatoms. The summed E-state index contributed by atoms with van der Waals surface area (Å²) in [7, 11) is 0. The van der Waals surface area contributed by atoms with Crippen LogP contribution in [-0.2, 0) is 9.53 Å². The topological polar surface area (TPSA) is 38.7 Å². The third-order valence-electron chi connectivity index (χ3n) is 2.69. The van der Waals surface area contributed by atoms with E-state index in [0.717, 1.165) is 10.4 Å². The summed E-state index contributed by atoms with van der Waals surface area (Å²) in [6, 6.07) is 13.6. The van der Waals surface area contributed by atoms with E-state index in [1.54, 1.807) is 12.2 Å². The van der Waals surface area contributed by atoms with Crippen LogP contribution in [-0.4, -0.2) is 11.9 Å². The lowest BCUT2D eigenvalue weighted by atomic mass is 10.2. The average molecular weight is 281 g/mol. The monoisotopic (exact) mass is 281 g/mol. The number of carbonyl (C=O) groups is 1. The minimum absolute atomic E-state index is 0.320. The van der Waals surface area contributed by atoms with Crippen molar-refractivity contribution < 1.29 is 9.53 Å². The molecule has 0 amide bonds. The quantitative estimate of drug-likeness (QED) is 0.636. The molecule has 20 heavy (non-hydrogen) atoms. The van der Waals surface area contributed by atoms with Crippen LogP contribution in [0, 0.1) is 0 Å². The zero-order chi connectivity index (χ0) is 13.8. The van der Waals surface area contributed by atoms with Crippen LogP contribution in [0.15, 0.2) is 70.7 Å². The van der Waals surface area contributed by atoms with Gasteiger partial charge in [0.05, 0.1) is 4.88 Å². The summed E-state index contributed by atoms with van der Waals surface area (Å²) < 4.78 is 5.14. The summed E-state index contributed by atoms with van der Waals surface area (Å²) in [5.74, 6) is -0.0320. The lowest BCUT2D eigenvalue weighted by Crippen LogP contribution is -2.03. The highest BCUT2D eigenvalue weighted by atomic mass is 32.1. The molecule has 0 radical (unpaired) electrons. The van der Waals surface area contributed by atoms with Gasteiger partial charge in [0.1, 0.15) is 0 Å². The maximum Gasteiger partial charge on any atom is 0.363 e. The summed E-state index contributed by atoms with van der Waals surface area (Å²) >= 11 is 1.49. The summed E-state index contributed by atoms with van der Waals surface area (Å²) in [6.45, 7) is 0. The SMILES string of the molecule is O=C1OC(c2cccs2)=N/C1=C/C=C/c1ccccc1. The van der Waals surface area contributed by atoms with E-state index >= 15 is 0 Å². The zero-order valence-electron chi connectivity index (χ0n) is 10.5. The number of ether oxygens (including phenoxy) is 1. The lowest BCUT2D eigenvalue weighted by Gasteiger charge is -1.92. The van der Waals surface area contributed by atoms with Gasteiger partial charge in [0, 0.05) is 0 Å². The number of esters is 1. The molecule has 2 aromatic rings. The highest BCUT2D eigenvalue weighted by Gasteiger charge is 2.23. The number of rotatable bonds is 3. The molecule has 98 valence electrons. The van der Waals surface area contributed by atoms with E-state index in [9.17, 15) is 4.79 Å². The van der Waals surface area contributed by atoms with Crippen LogP contribution >= 0.6 is 11.3 Å². The molecule has 1 aliphatic rings. The molecule has 0 atom stereocenters. The third kappa shape index (κ3) is 2.75. The van der Waals surface area contributed by atoms with Gasteiger partial charge in [0.15, 0.2) is 5.70 Å². The Morgan fingerprint density at radius 1 is 1.10 bits per heavy atom. The van der Waals surface area contributed by atoms with E-state index in [2.05, 4.69) is 4.99 Å². The first kappa shape index (κ1) is 12.6. The molecule has 1 aromatic carbocycles. The number of cyclic esters (lactones) is 1. The van der Waals surface area contributed by atoms with Crippen molar-refractivity contribution in [1.82, 2.24) is 0 Å². The van der Waals surface area contributed by atoms with Gasteiger partial charge in [-0.05, 0) is 23.1 Å². The average Bonchev–Trinajstić information content (AvgIpc) is 3.10. The summed E-state index contributed by atoms with van der Waals surface area (Å²) in [5.41, 5.74) is 1.39. The van der Waals surface area contributed by atoms with E-state index in [1.165, 1.54) is 11.3 Å². The van der Waals surface area contributed by atoms with E-state index in [4.69, 9.17) is 4.74 Å². The Morgan fingerprint density at radius 3 is 2.70 bits per heavy atom. The van der Waals surface area contributed by atoms with Crippen LogP contribution in [0.25, 0.3) is 6.08 Å². The Morgan fingerprint density at radius 2 is 1.95 bits per heavy atom. The van der Waals surface area contributed by atoms with Gasteiger partial charge in [-0.3, -0.25) is 0 Å². The summed E-state index contributed by atoms with van der Waals surface area (Å²) in [6.07, 6.45) is 5.38. The fraction of sp³-hybridized carbons (Fsp3) is 0. The van der Waals surface area contributed by atoms with Gasteiger partial charge in [-0.1, -0.05) is 48.6 Å². The van der Waals surface area contributed by atoms with Crippen LogP contribution in [0.4, 0.5) is 0 Å². The first-order chi connectivity index (χ1) is 9.83. The van der Waals surface area contributed by atoms with Gasteiger partial charge >= 0.3 is 5.97 Å². The number of nitrogens with zero attached hydrogens (tertiary/aromatic N) is 1. The van der Waals surface area contributed by atoms with Crippen LogP contribution < -0.4 is 0 Å². The van der Waals surface area contributed by atoms with Crippen molar-refractivity contribution in [2.75, 3.05) is 0 Å². The minimum Gasteiger partial charge on any atom is -0.401 e. The van der Waals surface area contributed by atoms with Gasteiger partial charge in [0.2, 0.25) is 5.90 Å². The Kier molecular flexibility index (Phi) is 3.56. The number of hydrogen-bond acceptors (Lipinski definition) is 4. The Hall–Kier alpha value is -2.46. The molecule has 0 saturated carbocycles. The molecule has 2 heterocycles. The fourth-order valence-corrected chi connectivity index (χ4v) is 2.39. The molecular weight excluding hydrogens is 270 g/mol. The predicted molar refractivity (Wildman–Crippen MR) is 80.5 cm³/mol. The molecule has 0 bridgehead atoms. The number of carbonyl (C=O) groups excluding carboxylic acids is 1. The Labute approximate surface area is 120 Å². The second kappa shape index (κ2) is 5.67. The van der Waals surface area contributed by atoms with Crippen LogP contribution in [0.2, 0.25) is 0 Å². The molecule has 3 nitrogen and oxygen atoms in total. The van der Waals surface area contributed by atoms with Crippen molar-refractivity contribution in [3.8, 4) is 0 Å². The summed E-state index contributed by atoms with van der Waals surface area (Å²) in [4.78, 5) is 16.8. The molecule has 1 aliphatic heterocycles. The number of thiophene rings is 1. The molecule has 0 unspecified atom stereocenters. The third-order valence-corrected chi connectivity index (χ3v) is 3.55. The van der Waals surface area contributed by atoms with Crippen molar-refractivity contribution in [2.45, 2.75) is 0 Å². The smallest absolute Gasteiger partial charge is 0.363 e. The number of hydrogen-bond donors (Lipinski definition) is 0. The van der Waals surface area contributed by atoms with Crippen molar-refractivity contribution in [1.29, 1.82) is 0 Å². The normalized spacial score (nSPS) is 16.7. The molecule has 0 fully saturated rings. The first-order valence-corrected chi connectivity index (χ1v) is 6.99. The second-order valence-electron chi connectivity index (χ2n) is 4.11. The molecular formula is C16H11NO2S. The Bertz CT molecular complexity index is 697. The number of allylic oxidation sites excluding steroid dienone is 2. The minimum atomic E-state index is -0.411. The van der Waals surface area contributed by atoms with Crippen molar-refractivity contribution in [3.05, 3.63) is 76.1 Å². The number of aliphatic imine (C=N–C) groups is 1. The van der Waals surface area contributed by atoms with Gasteiger partial charge in [-0.15, -0.1) is 11.3 Å². The maximum absolute atomic E-state index is 11.7. The van der Waals surface area contributed by atoms with Gasteiger partial charge in [-0.2, -0.15) is 0 Å². The molecule has 0 saturated heterocycles. The van der Waals surface area contributed by atoms with Crippen LogP contribution in [0.1, 0.15) is 10.4 Å². The van der Waals surface area contributed by atoms with Crippen molar-refractivity contribution in [3.63, 3.8) is 0 Å². The molecule has 0 spiro atoms. The number of benzene rings is 1. The highest BCUT2D eigenvalue weighted by molar-refractivity contribution is 7.12. The Balaban J connectivity index is 1.78. The van der Waals surface area contributed by atoms with Crippen LogP contribution in [0.3, 0.4) is 0 Å². The van der Waals surface area contributed by atoms with Gasteiger partial charge < -0.3 is 4.74 Å². The van der Waals surface area contributed by atoms with Crippen LogP contribution in [0.5, 0.6) is 0 Å². The fourth-order valence-electron chi connectivity index (χ4n) is 1.74. The molecule has 0 aliphatic carbocycles. The van der Waals surface area contributed by atoms with E-state index in [-0.39, 0.29) is 0 Å². The largest absolute Gasteiger partial charge is 0.401 e. The lowest BCUT2D eigenvalue weighted by molar-refractivity contribution is -0.130. The van der Waals surface area contributed by atoms with Gasteiger partial charge in [0.25, 0.3) is 0 Å². The molecule has 3 rings (SSSR count). The van der Waals surface area contributed by atoms with Crippen molar-refractivity contribution in [2.24, 2.45) is 4.99 Å². The molecule has 1 aromatic heterocycles. The summed E-state index contributed by atoms with van der Waals surface area (Å²) in [5, 5.41) is 1.92. The van der Waals surface area contributed by atoms with E-state index in [1.807, 2.05) is 53.9 Å². The zero-order valence-corrected chi connectivity index (χ0v) is 11.3. The second-order valence-corrected chi connectivity index (χ2v) is 5.05. The highest BCUT2D eigenvalue weighted by Crippen LogP contribution is 2.19. The van der Waals surface area contributed by atoms with E-state index < -0.39 is 5.97 Å². The van der Waals surface area contributed by atoms with E-state index in [0.29, 0.717) is 11.6 Å².